The molecule has 2 rings (SSSR count). The van der Waals surface area contributed by atoms with Crippen molar-refractivity contribution in [1.29, 1.82) is 0 Å². The molecule has 1 aromatic carbocycles. The monoisotopic (exact) mass is 324 g/mol. The normalized spacial score (nSPS) is 16.1. The van der Waals surface area contributed by atoms with E-state index < -0.39 is 6.10 Å². The summed E-state index contributed by atoms with van der Waals surface area (Å²) in [5.74, 6) is -0.123. The number of rotatable bonds is 8. The molecular formula is C17H25ClN2O2. The average Bonchev–Trinajstić information content (AvgIpc) is 3.28. The Hall–Kier alpha value is -1.10. The van der Waals surface area contributed by atoms with Crippen LogP contribution in [0.2, 0.25) is 5.02 Å². The Morgan fingerprint density at radius 1 is 1.36 bits per heavy atom. The fourth-order valence-electron chi connectivity index (χ4n) is 2.64. The minimum absolute atomic E-state index is 0.0761. The lowest BCUT2D eigenvalue weighted by atomic mass is 10.1. The second-order valence-electron chi connectivity index (χ2n) is 6.18. The number of carbonyl (C=O) groups is 1. The molecule has 1 fully saturated rings. The predicted octanol–water partition coefficient (Wildman–Crippen LogP) is 2.75. The minimum Gasteiger partial charge on any atom is -0.388 e. The highest BCUT2D eigenvalue weighted by Crippen LogP contribution is 2.28. The third kappa shape index (κ3) is 5.27. The van der Waals surface area contributed by atoms with E-state index in [-0.39, 0.29) is 12.3 Å². The van der Waals surface area contributed by atoms with E-state index in [1.807, 2.05) is 0 Å². The summed E-state index contributed by atoms with van der Waals surface area (Å²) < 4.78 is 0. The number of carbonyl (C=O) groups excluding carboxylic acids is 1. The van der Waals surface area contributed by atoms with Crippen LogP contribution in [-0.2, 0) is 4.79 Å². The van der Waals surface area contributed by atoms with Crippen molar-refractivity contribution in [2.45, 2.75) is 51.3 Å². The third-order valence-corrected chi connectivity index (χ3v) is 4.26. The standard InChI is InChI=1S/C17H25ClN2O2/c1-12(2)20(15-7-8-15)10-9-19-17(22)11-16(21)13-3-5-14(18)6-4-13/h3-6,12,15-16,21H,7-11H2,1-2H3,(H,19,22). The van der Waals surface area contributed by atoms with Gasteiger partial charge in [0.2, 0.25) is 5.91 Å². The molecule has 1 unspecified atom stereocenters. The Balaban J connectivity index is 1.72. The summed E-state index contributed by atoms with van der Waals surface area (Å²) in [4.78, 5) is 14.3. The number of nitrogens with zero attached hydrogens (tertiary/aromatic N) is 1. The fraction of sp³-hybridized carbons (Fsp3) is 0.588. The highest BCUT2D eigenvalue weighted by Gasteiger charge is 2.30. The fourth-order valence-corrected chi connectivity index (χ4v) is 2.77. The maximum Gasteiger partial charge on any atom is 0.223 e. The van der Waals surface area contributed by atoms with Gasteiger partial charge >= 0.3 is 0 Å². The van der Waals surface area contributed by atoms with Gasteiger partial charge in [-0.2, -0.15) is 0 Å². The quantitative estimate of drug-likeness (QED) is 0.773. The van der Waals surface area contributed by atoms with E-state index in [9.17, 15) is 9.90 Å². The first-order valence-electron chi connectivity index (χ1n) is 7.93. The molecule has 1 saturated carbocycles. The molecule has 0 heterocycles. The van der Waals surface area contributed by atoms with Crippen molar-refractivity contribution in [1.82, 2.24) is 10.2 Å². The summed E-state index contributed by atoms with van der Waals surface area (Å²) in [6.45, 7) is 5.86. The van der Waals surface area contributed by atoms with E-state index in [1.165, 1.54) is 12.8 Å². The van der Waals surface area contributed by atoms with Crippen molar-refractivity contribution in [2.24, 2.45) is 0 Å². The van der Waals surface area contributed by atoms with Crippen LogP contribution in [0.25, 0.3) is 0 Å². The molecule has 4 nitrogen and oxygen atoms in total. The number of aliphatic hydroxyl groups excluding tert-OH is 1. The molecule has 1 aliphatic carbocycles. The lowest BCUT2D eigenvalue weighted by Crippen LogP contribution is -2.40. The van der Waals surface area contributed by atoms with Crippen LogP contribution in [0.1, 0.15) is 44.8 Å². The molecule has 0 spiro atoms. The zero-order valence-electron chi connectivity index (χ0n) is 13.3. The van der Waals surface area contributed by atoms with Crippen LogP contribution in [-0.4, -0.2) is 41.1 Å². The molecule has 5 heteroatoms. The summed E-state index contributed by atoms with van der Waals surface area (Å²) in [6, 6.07) is 8.12. The molecule has 122 valence electrons. The van der Waals surface area contributed by atoms with Crippen molar-refractivity contribution >= 4 is 17.5 Å². The first kappa shape index (κ1) is 17.3. The Morgan fingerprint density at radius 2 is 2.00 bits per heavy atom. The number of benzene rings is 1. The van der Waals surface area contributed by atoms with Crippen molar-refractivity contribution < 1.29 is 9.90 Å². The van der Waals surface area contributed by atoms with Gasteiger partial charge in [-0.25, -0.2) is 0 Å². The second-order valence-corrected chi connectivity index (χ2v) is 6.62. The molecule has 1 aliphatic rings. The van der Waals surface area contributed by atoms with Gasteiger partial charge in [-0.1, -0.05) is 23.7 Å². The smallest absolute Gasteiger partial charge is 0.223 e. The molecule has 0 bridgehead atoms. The molecule has 0 aliphatic heterocycles. The zero-order chi connectivity index (χ0) is 16.1. The summed E-state index contributed by atoms with van der Waals surface area (Å²) >= 11 is 5.81. The lowest BCUT2D eigenvalue weighted by molar-refractivity contribution is -0.123. The topological polar surface area (TPSA) is 52.6 Å². The Labute approximate surface area is 137 Å². The number of hydrogen-bond acceptors (Lipinski definition) is 3. The van der Waals surface area contributed by atoms with E-state index in [2.05, 4.69) is 24.1 Å². The van der Waals surface area contributed by atoms with Gasteiger partial charge < -0.3 is 10.4 Å². The number of hydrogen-bond donors (Lipinski definition) is 2. The summed E-state index contributed by atoms with van der Waals surface area (Å²) in [5.41, 5.74) is 0.710. The van der Waals surface area contributed by atoms with Crippen LogP contribution in [0.5, 0.6) is 0 Å². The Kier molecular flexibility index (Phi) is 6.24. The van der Waals surface area contributed by atoms with Gasteiger partial charge in [-0.3, -0.25) is 9.69 Å². The van der Waals surface area contributed by atoms with Crippen LogP contribution in [0.3, 0.4) is 0 Å². The van der Waals surface area contributed by atoms with E-state index >= 15 is 0 Å². The zero-order valence-corrected chi connectivity index (χ0v) is 14.0. The van der Waals surface area contributed by atoms with E-state index in [0.29, 0.717) is 29.2 Å². The van der Waals surface area contributed by atoms with Crippen LogP contribution >= 0.6 is 11.6 Å². The van der Waals surface area contributed by atoms with E-state index in [0.717, 1.165) is 6.54 Å². The Morgan fingerprint density at radius 3 is 2.55 bits per heavy atom. The highest BCUT2D eigenvalue weighted by molar-refractivity contribution is 6.30. The molecule has 0 saturated heterocycles. The van der Waals surface area contributed by atoms with Gasteiger partial charge in [0.25, 0.3) is 0 Å². The van der Waals surface area contributed by atoms with Crippen molar-refractivity contribution in [2.75, 3.05) is 13.1 Å². The number of halogens is 1. The van der Waals surface area contributed by atoms with Crippen LogP contribution in [0, 0.1) is 0 Å². The van der Waals surface area contributed by atoms with E-state index in [4.69, 9.17) is 11.6 Å². The third-order valence-electron chi connectivity index (χ3n) is 4.00. The summed E-state index contributed by atoms with van der Waals surface area (Å²) in [6.07, 6.45) is 1.82. The SMILES string of the molecule is CC(C)N(CCNC(=O)CC(O)c1ccc(Cl)cc1)C1CC1. The molecule has 1 aromatic rings. The van der Waals surface area contributed by atoms with Gasteiger partial charge in [-0.15, -0.1) is 0 Å². The molecule has 1 amide bonds. The maximum atomic E-state index is 11.9. The van der Waals surface area contributed by atoms with Crippen LogP contribution < -0.4 is 5.32 Å². The van der Waals surface area contributed by atoms with Crippen LogP contribution in [0.4, 0.5) is 0 Å². The first-order valence-corrected chi connectivity index (χ1v) is 8.31. The van der Waals surface area contributed by atoms with Gasteiger partial charge in [0.05, 0.1) is 12.5 Å². The molecule has 0 aromatic heterocycles. The van der Waals surface area contributed by atoms with Crippen molar-refractivity contribution in [3.05, 3.63) is 34.9 Å². The number of nitrogens with one attached hydrogen (secondary N) is 1. The van der Waals surface area contributed by atoms with Crippen molar-refractivity contribution in [3.63, 3.8) is 0 Å². The molecular weight excluding hydrogens is 300 g/mol. The van der Waals surface area contributed by atoms with Gasteiger partial charge in [0.15, 0.2) is 0 Å². The summed E-state index contributed by atoms with van der Waals surface area (Å²) in [5, 5.41) is 13.6. The largest absolute Gasteiger partial charge is 0.388 e. The molecule has 2 N–H and O–H groups in total. The van der Waals surface area contributed by atoms with Crippen molar-refractivity contribution in [3.8, 4) is 0 Å². The highest BCUT2D eigenvalue weighted by atomic mass is 35.5. The number of amides is 1. The predicted molar refractivity (Wildman–Crippen MR) is 88.9 cm³/mol. The first-order chi connectivity index (χ1) is 10.5. The molecule has 1 atom stereocenters. The Bertz CT molecular complexity index is 484. The van der Waals surface area contributed by atoms with Gasteiger partial charge in [0, 0.05) is 30.2 Å². The molecule has 22 heavy (non-hydrogen) atoms. The number of aliphatic hydroxyl groups is 1. The van der Waals surface area contributed by atoms with Gasteiger partial charge in [0.1, 0.15) is 0 Å². The maximum absolute atomic E-state index is 11.9. The van der Waals surface area contributed by atoms with Gasteiger partial charge in [-0.05, 0) is 44.4 Å². The average molecular weight is 325 g/mol. The summed E-state index contributed by atoms with van der Waals surface area (Å²) in [7, 11) is 0. The van der Waals surface area contributed by atoms with Crippen LogP contribution in [0.15, 0.2) is 24.3 Å². The lowest BCUT2D eigenvalue weighted by Gasteiger charge is -2.26. The minimum atomic E-state index is -0.790. The second kappa shape index (κ2) is 7.95. The van der Waals surface area contributed by atoms with E-state index in [1.54, 1.807) is 24.3 Å². The molecule has 0 radical (unpaired) electrons.